The van der Waals surface area contributed by atoms with Crippen molar-refractivity contribution < 1.29 is 5.11 Å². The SMILES string of the molecule is CC1CCCN(C2CCCC(O)C2)CC1. The molecule has 0 aromatic carbocycles. The van der Waals surface area contributed by atoms with Crippen LogP contribution in [0.3, 0.4) is 0 Å². The van der Waals surface area contributed by atoms with E-state index in [0.717, 1.165) is 18.8 Å². The summed E-state index contributed by atoms with van der Waals surface area (Å²) < 4.78 is 0. The van der Waals surface area contributed by atoms with Gasteiger partial charge < -0.3 is 10.0 Å². The van der Waals surface area contributed by atoms with E-state index < -0.39 is 0 Å². The van der Waals surface area contributed by atoms with Crippen molar-refractivity contribution in [1.29, 1.82) is 0 Å². The van der Waals surface area contributed by atoms with Crippen molar-refractivity contribution in [3.63, 3.8) is 0 Å². The summed E-state index contributed by atoms with van der Waals surface area (Å²) in [6.45, 7) is 4.90. The van der Waals surface area contributed by atoms with Crippen LogP contribution in [0.1, 0.15) is 51.9 Å². The molecule has 2 heteroatoms. The summed E-state index contributed by atoms with van der Waals surface area (Å²) in [5.74, 6) is 0.906. The first kappa shape index (κ1) is 11.4. The molecule has 0 amide bonds. The Kier molecular flexibility index (Phi) is 4.04. The maximum atomic E-state index is 9.71. The Balaban J connectivity index is 1.85. The molecule has 0 bridgehead atoms. The summed E-state index contributed by atoms with van der Waals surface area (Å²) in [5.41, 5.74) is 0. The predicted octanol–water partition coefficient (Wildman–Crippen LogP) is 2.41. The van der Waals surface area contributed by atoms with Gasteiger partial charge in [-0.05, 0) is 64.0 Å². The summed E-state index contributed by atoms with van der Waals surface area (Å²) in [4.78, 5) is 2.64. The van der Waals surface area contributed by atoms with Crippen LogP contribution in [0.15, 0.2) is 0 Å². The summed E-state index contributed by atoms with van der Waals surface area (Å²) >= 11 is 0. The van der Waals surface area contributed by atoms with E-state index in [4.69, 9.17) is 0 Å². The monoisotopic (exact) mass is 211 g/mol. The quantitative estimate of drug-likeness (QED) is 0.720. The van der Waals surface area contributed by atoms with Gasteiger partial charge >= 0.3 is 0 Å². The third-order valence-electron chi connectivity index (χ3n) is 4.19. The molecule has 0 spiro atoms. The normalized spacial score (nSPS) is 40.0. The largest absolute Gasteiger partial charge is 0.393 e. The molecule has 2 aliphatic rings. The molecule has 2 nitrogen and oxygen atoms in total. The van der Waals surface area contributed by atoms with Crippen LogP contribution in [0, 0.1) is 5.92 Å². The number of rotatable bonds is 1. The molecule has 15 heavy (non-hydrogen) atoms. The lowest BCUT2D eigenvalue weighted by atomic mass is 9.91. The first-order chi connectivity index (χ1) is 7.25. The Morgan fingerprint density at radius 2 is 1.87 bits per heavy atom. The molecular formula is C13H25NO. The molecule has 3 unspecified atom stereocenters. The van der Waals surface area contributed by atoms with Gasteiger partial charge in [-0.25, -0.2) is 0 Å². The fourth-order valence-electron chi connectivity index (χ4n) is 3.12. The zero-order valence-electron chi connectivity index (χ0n) is 9.99. The molecule has 0 radical (unpaired) electrons. The predicted molar refractivity (Wildman–Crippen MR) is 62.9 cm³/mol. The first-order valence-corrected chi connectivity index (χ1v) is 6.68. The van der Waals surface area contributed by atoms with Gasteiger partial charge in [-0.15, -0.1) is 0 Å². The van der Waals surface area contributed by atoms with Gasteiger partial charge in [-0.1, -0.05) is 6.92 Å². The maximum absolute atomic E-state index is 9.71. The van der Waals surface area contributed by atoms with Crippen LogP contribution in [-0.2, 0) is 0 Å². The van der Waals surface area contributed by atoms with E-state index in [1.165, 1.54) is 45.2 Å². The molecule has 1 aliphatic carbocycles. The second kappa shape index (κ2) is 5.31. The Morgan fingerprint density at radius 3 is 2.67 bits per heavy atom. The number of hydrogen-bond donors (Lipinski definition) is 1. The molecule has 1 aliphatic heterocycles. The topological polar surface area (TPSA) is 23.5 Å². The van der Waals surface area contributed by atoms with Gasteiger partial charge in [0.1, 0.15) is 0 Å². The highest BCUT2D eigenvalue weighted by Crippen LogP contribution is 2.26. The van der Waals surface area contributed by atoms with E-state index in [1.54, 1.807) is 0 Å². The number of likely N-dealkylation sites (tertiary alicyclic amines) is 1. The fourth-order valence-corrected chi connectivity index (χ4v) is 3.12. The van der Waals surface area contributed by atoms with E-state index in [1.807, 2.05) is 0 Å². The Labute approximate surface area is 93.7 Å². The average molecular weight is 211 g/mol. The molecular weight excluding hydrogens is 186 g/mol. The third kappa shape index (κ3) is 3.18. The molecule has 0 aromatic heterocycles. The molecule has 1 N–H and O–H groups in total. The van der Waals surface area contributed by atoms with Crippen LogP contribution >= 0.6 is 0 Å². The number of aliphatic hydroxyl groups is 1. The smallest absolute Gasteiger partial charge is 0.0555 e. The Hall–Kier alpha value is -0.0800. The van der Waals surface area contributed by atoms with Gasteiger partial charge in [0.15, 0.2) is 0 Å². The van der Waals surface area contributed by atoms with Crippen LogP contribution in [0.5, 0.6) is 0 Å². The van der Waals surface area contributed by atoms with Crippen molar-refractivity contribution in [2.45, 2.75) is 64.0 Å². The average Bonchev–Trinajstić information content (AvgIpc) is 2.43. The summed E-state index contributed by atoms with van der Waals surface area (Å²) in [6.07, 6.45) is 8.66. The van der Waals surface area contributed by atoms with Gasteiger partial charge in [0.05, 0.1) is 6.10 Å². The van der Waals surface area contributed by atoms with Crippen molar-refractivity contribution in [3.05, 3.63) is 0 Å². The van der Waals surface area contributed by atoms with Crippen molar-refractivity contribution in [1.82, 2.24) is 4.90 Å². The van der Waals surface area contributed by atoms with Crippen molar-refractivity contribution in [3.8, 4) is 0 Å². The van der Waals surface area contributed by atoms with Crippen LogP contribution in [0.25, 0.3) is 0 Å². The Bertz CT molecular complexity index is 195. The second-order valence-corrected chi connectivity index (χ2v) is 5.55. The third-order valence-corrected chi connectivity index (χ3v) is 4.19. The molecule has 1 saturated heterocycles. The van der Waals surface area contributed by atoms with Crippen molar-refractivity contribution in [2.75, 3.05) is 13.1 Å². The standard InChI is InChI=1S/C13H25NO/c1-11-4-3-8-14(9-7-11)12-5-2-6-13(15)10-12/h11-13,15H,2-10H2,1H3. The molecule has 88 valence electrons. The molecule has 0 aromatic rings. The van der Waals surface area contributed by atoms with Crippen LogP contribution < -0.4 is 0 Å². The molecule has 2 rings (SSSR count). The lowest BCUT2D eigenvalue weighted by Gasteiger charge is -2.35. The lowest BCUT2D eigenvalue weighted by Crippen LogP contribution is -2.40. The zero-order valence-corrected chi connectivity index (χ0v) is 9.99. The maximum Gasteiger partial charge on any atom is 0.0555 e. The summed E-state index contributed by atoms with van der Waals surface area (Å²) in [7, 11) is 0. The molecule has 1 heterocycles. The molecule has 1 saturated carbocycles. The minimum atomic E-state index is -0.0237. The number of nitrogens with zero attached hydrogens (tertiary/aromatic N) is 1. The van der Waals surface area contributed by atoms with Crippen LogP contribution in [0.4, 0.5) is 0 Å². The van der Waals surface area contributed by atoms with Gasteiger partial charge in [0.25, 0.3) is 0 Å². The second-order valence-electron chi connectivity index (χ2n) is 5.55. The van der Waals surface area contributed by atoms with Gasteiger partial charge in [0.2, 0.25) is 0 Å². The minimum absolute atomic E-state index is 0.0237. The van der Waals surface area contributed by atoms with E-state index in [-0.39, 0.29) is 6.10 Å². The first-order valence-electron chi connectivity index (χ1n) is 6.68. The Morgan fingerprint density at radius 1 is 1.00 bits per heavy atom. The van der Waals surface area contributed by atoms with Gasteiger partial charge in [-0.2, -0.15) is 0 Å². The van der Waals surface area contributed by atoms with Crippen LogP contribution in [0.2, 0.25) is 0 Å². The number of hydrogen-bond acceptors (Lipinski definition) is 2. The number of aliphatic hydroxyl groups excluding tert-OH is 1. The summed E-state index contributed by atoms with van der Waals surface area (Å²) in [6, 6.07) is 0.680. The zero-order chi connectivity index (χ0) is 10.7. The lowest BCUT2D eigenvalue weighted by molar-refractivity contribution is 0.0629. The van der Waals surface area contributed by atoms with E-state index in [9.17, 15) is 5.11 Å². The molecule has 2 fully saturated rings. The summed E-state index contributed by atoms with van der Waals surface area (Å²) in [5, 5.41) is 9.71. The van der Waals surface area contributed by atoms with E-state index in [2.05, 4.69) is 11.8 Å². The van der Waals surface area contributed by atoms with Crippen molar-refractivity contribution >= 4 is 0 Å². The van der Waals surface area contributed by atoms with E-state index in [0.29, 0.717) is 6.04 Å². The fraction of sp³-hybridized carbons (Fsp3) is 1.00. The highest BCUT2D eigenvalue weighted by atomic mass is 16.3. The van der Waals surface area contributed by atoms with Gasteiger partial charge in [0, 0.05) is 6.04 Å². The van der Waals surface area contributed by atoms with Crippen molar-refractivity contribution in [2.24, 2.45) is 5.92 Å². The minimum Gasteiger partial charge on any atom is -0.393 e. The highest BCUT2D eigenvalue weighted by molar-refractivity contribution is 4.81. The highest BCUT2D eigenvalue weighted by Gasteiger charge is 2.26. The van der Waals surface area contributed by atoms with Crippen LogP contribution in [-0.4, -0.2) is 35.2 Å². The van der Waals surface area contributed by atoms with E-state index >= 15 is 0 Å². The molecule has 3 atom stereocenters. The van der Waals surface area contributed by atoms with Gasteiger partial charge in [-0.3, -0.25) is 0 Å².